The number of para-hydroxylation sites is 1. The molecule has 1 heterocycles. The van der Waals surface area contributed by atoms with Crippen molar-refractivity contribution >= 4 is 46.6 Å². The van der Waals surface area contributed by atoms with Crippen molar-refractivity contribution in [2.45, 2.75) is 0 Å². The van der Waals surface area contributed by atoms with Gasteiger partial charge in [-0.05, 0) is 30.3 Å². The van der Waals surface area contributed by atoms with Crippen LogP contribution in [0.4, 0.5) is 16.2 Å². The van der Waals surface area contributed by atoms with Crippen LogP contribution in [0, 0.1) is 0 Å². The van der Waals surface area contributed by atoms with E-state index in [1.807, 2.05) is 24.3 Å². The van der Waals surface area contributed by atoms with E-state index in [2.05, 4.69) is 20.9 Å². The highest BCUT2D eigenvalue weighted by atomic mass is 35.5. The summed E-state index contributed by atoms with van der Waals surface area (Å²) in [6.45, 7) is 0. The molecule has 3 aromatic rings. The van der Waals surface area contributed by atoms with Crippen molar-refractivity contribution in [3.05, 3.63) is 66.4 Å². The summed E-state index contributed by atoms with van der Waals surface area (Å²) in [5.41, 5.74) is 2.48. The maximum atomic E-state index is 12.2. The molecular formula is C18H17ClN4O2. The SMILES string of the molecule is CNC(=O)c1cccc(NC(=O)Nc2ccnc3ccccc23)c1.Cl. The smallest absolute Gasteiger partial charge is 0.323 e. The van der Waals surface area contributed by atoms with Crippen LogP contribution in [-0.2, 0) is 0 Å². The van der Waals surface area contributed by atoms with E-state index in [1.165, 1.54) is 0 Å². The third-order valence-electron chi connectivity index (χ3n) is 3.51. The van der Waals surface area contributed by atoms with E-state index >= 15 is 0 Å². The van der Waals surface area contributed by atoms with Crippen LogP contribution < -0.4 is 16.0 Å². The molecule has 0 aliphatic heterocycles. The van der Waals surface area contributed by atoms with Crippen molar-refractivity contribution in [1.82, 2.24) is 10.3 Å². The molecule has 1 aromatic heterocycles. The first kappa shape index (κ1) is 18.2. The largest absolute Gasteiger partial charge is 0.355 e. The quantitative estimate of drug-likeness (QED) is 0.669. The third-order valence-corrected chi connectivity index (χ3v) is 3.51. The molecule has 0 aliphatic carbocycles. The zero-order chi connectivity index (χ0) is 16.9. The number of carbonyl (C=O) groups excluding carboxylic acids is 2. The van der Waals surface area contributed by atoms with Gasteiger partial charge < -0.3 is 16.0 Å². The number of hydrogen-bond donors (Lipinski definition) is 3. The van der Waals surface area contributed by atoms with Crippen LogP contribution in [0.5, 0.6) is 0 Å². The number of aromatic nitrogens is 1. The highest BCUT2D eigenvalue weighted by Gasteiger charge is 2.08. The van der Waals surface area contributed by atoms with Crippen LogP contribution >= 0.6 is 12.4 Å². The first-order valence-electron chi connectivity index (χ1n) is 7.41. The van der Waals surface area contributed by atoms with Crippen molar-refractivity contribution in [1.29, 1.82) is 0 Å². The molecule has 0 fully saturated rings. The van der Waals surface area contributed by atoms with Gasteiger partial charge in [0.25, 0.3) is 5.91 Å². The minimum absolute atomic E-state index is 0. The van der Waals surface area contributed by atoms with E-state index in [9.17, 15) is 9.59 Å². The molecule has 0 spiro atoms. The number of halogens is 1. The Morgan fingerprint density at radius 1 is 0.960 bits per heavy atom. The number of nitrogens with one attached hydrogen (secondary N) is 3. The van der Waals surface area contributed by atoms with Gasteiger partial charge in [0.15, 0.2) is 0 Å². The van der Waals surface area contributed by atoms with Crippen molar-refractivity contribution in [2.75, 3.05) is 17.7 Å². The molecule has 6 nitrogen and oxygen atoms in total. The zero-order valence-electron chi connectivity index (χ0n) is 13.4. The van der Waals surface area contributed by atoms with Crippen LogP contribution in [0.25, 0.3) is 10.9 Å². The molecular weight excluding hydrogens is 340 g/mol. The van der Waals surface area contributed by atoms with Crippen LogP contribution in [0.2, 0.25) is 0 Å². The summed E-state index contributed by atoms with van der Waals surface area (Å²) in [4.78, 5) is 28.1. The van der Waals surface area contributed by atoms with Gasteiger partial charge in [0.2, 0.25) is 0 Å². The van der Waals surface area contributed by atoms with Gasteiger partial charge in [-0.15, -0.1) is 12.4 Å². The Kier molecular flexibility index (Phi) is 5.92. The summed E-state index contributed by atoms with van der Waals surface area (Å²) in [5, 5.41) is 8.93. The predicted molar refractivity (Wildman–Crippen MR) is 101 cm³/mol. The van der Waals surface area contributed by atoms with Gasteiger partial charge in [-0.25, -0.2) is 4.79 Å². The maximum absolute atomic E-state index is 12.2. The number of hydrogen-bond acceptors (Lipinski definition) is 3. The number of carbonyl (C=O) groups is 2. The normalized spacial score (nSPS) is 9.80. The Morgan fingerprint density at radius 3 is 2.56 bits per heavy atom. The van der Waals surface area contributed by atoms with Crippen LogP contribution in [0.1, 0.15) is 10.4 Å². The molecule has 3 N–H and O–H groups in total. The lowest BCUT2D eigenvalue weighted by Gasteiger charge is -2.10. The number of anilines is 2. The number of nitrogens with zero attached hydrogens (tertiary/aromatic N) is 1. The van der Waals surface area contributed by atoms with Crippen LogP contribution in [-0.4, -0.2) is 24.0 Å². The Morgan fingerprint density at radius 2 is 1.76 bits per heavy atom. The Hall–Kier alpha value is -3.12. The molecule has 7 heteroatoms. The van der Waals surface area contributed by atoms with Gasteiger partial charge in [0.1, 0.15) is 0 Å². The molecule has 25 heavy (non-hydrogen) atoms. The fraction of sp³-hybridized carbons (Fsp3) is 0.0556. The van der Waals surface area contributed by atoms with Gasteiger partial charge in [-0.2, -0.15) is 0 Å². The van der Waals surface area contributed by atoms with Crippen LogP contribution in [0.15, 0.2) is 60.8 Å². The molecule has 128 valence electrons. The van der Waals surface area contributed by atoms with Crippen molar-refractivity contribution in [3.63, 3.8) is 0 Å². The van der Waals surface area contributed by atoms with E-state index in [-0.39, 0.29) is 24.3 Å². The van der Waals surface area contributed by atoms with E-state index < -0.39 is 0 Å². The lowest BCUT2D eigenvalue weighted by atomic mass is 10.2. The van der Waals surface area contributed by atoms with Crippen molar-refractivity contribution < 1.29 is 9.59 Å². The number of fused-ring (bicyclic) bond motifs is 1. The zero-order valence-corrected chi connectivity index (χ0v) is 14.3. The lowest BCUT2D eigenvalue weighted by molar-refractivity contribution is 0.0963. The Balaban J connectivity index is 0.00000225. The summed E-state index contributed by atoms with van der Waals surface area (Å²) in [5.74, 6) is -0.209. The monoisotopic (exact) mass is 356 g/mol. The van der Waals surface area contributed by atoms with Gasteiger partial charge in [0.05, 0.1) is 11.2 Å². The topological polar surface area (TPSA) is 83.1 Å². The predicted octanol–water partition coefficient (Wildman–Crippen LogP) is 3.66. The highest BCUT2D eigenvalue weighted by molar-refractivity contribution is 6.06. The van der Waals surface area contributed by atoms with E-state index in [0.29, 0.717) is 16.9 Å². The molecule has 0 atom stereocenters. The molecule has 0 unspecified atom stereocenters. The fourth-order valence-corrected chi connectivity index (χ4v) is 2.37. The summed E-state index contributed by atoms with van der Waals surface area (Å²) in [6, 6.07) is 15.6. The van der Waals surface area contributed by atoms with Crippen molar-refractivity contribution in [2.24, 2.45) is 0 Å². The van der Waals surface area contributed by atoms with Gasteiger partial charge >= 0.3 is 6.03 Å². The van der Waals surface area contributed by atoms with Gasteiger partial charge in [0, 0.05) is 29.9 Å². The molecule has 0 saturated carbocycles. The fourth-order valence-electron chi connectivity index (χ4n) is 2.37. The Bertz CT molecular complexity index is 909. The molecule has 0 saturated heterocycles. The second-order valence-electron chi connectivity index (χ2n) is 5.11. The average molecular weight is 357 g/mol. The average Bonchev–Trinajstić information content (AvgIpc) is 2.61. The Labute approximate surface area is 151 Å². The summed E-state index contributed by atoms with van der Waals surface area (Å²) < 4.78 is 0. The molecule has 0 radical (unpaired) electrons. The number of amides is 3. The molecule has 3 rings (SSSR count). The highest BCUT2D eigenvalue weighted by Crippen LogP contribution is 2.21. The molecule has 3 amide bonds. The minimum Gasteiger partial charge on any atom is -0.355 e. The second kappa shape index (κ2) is 8.12. The van der Waals surface area contributed by atoms with Gasteiger partial charge in [-0.1, -0.05) is 24.3 Å². The summed E-state index contributed by atoms with van der Waals surface area (Å²) in [7, 11) is 1.56. The van der Waals surface area contributed by atoms with E-state index in [1.54, 1.807) is 43.6 Å². The number of urea groups is 1. The molecule has 2 aromatic carbocycles. The summed E-state index contributed by atoms with van der Waals surface area (Å²) >= 11 is 0. The summed E-state index contributed by atoms with van der Waals surface area (Å²) in [6.07, 6.45) is 1.64. The minimum atomic E-state index is -0.389. The number of benzene rings is 2. The number of pyridine rings is 1. The molecule has 0 aliphatic rings. The first-order chi connectivity index (χ1) is 11.7. The van der Waals surface area contributed by atoms with E-state index in [0.717, 1.165) is 10.9 Å². The van der Waals surface area contributed by atoms with Gasteiger partial charge in [-0.3, -0.25) is 9.78 Å². The number of rotatable bonds is 3. The van der Waals surface area contributed by atoms with Crippen LogP contribution in [0.3, 0.4) is 0 Å². The van der Waals surface area contributed by atoms with E-state index in [4.69, 9.17) is 0 Å². The first-order valence-corrected chi connectivity index (χ1v) is 7.41. The maximum Gasteiger partial charge on any atom is 0.323 e. The second-order valence-corrected chi connectivity index (χ2v) is 5.11. The van der Waals surface area contributed by atoms with Crippen molar-refractivity contribution in [3.8, 4) is 0 Å². The standard InChI is InChI=1S/C18H16N4O2.ClH/c1-19-17(23)12-5-4-6-13(11-12)21-18(24)22-16-9-10-20-15-8-3-2-7-14(15)16;/h2-11H,1H3,(H,19,23)(H2,20,21,22,24);1H. The lowest BCUT2D eigenvalue weighted by Crippen LogP contribution is -2.21. The molecule has 0 bridgehead atoms. The third kappa shape index (κ3) is 4.24.